The summed E-state index contributed by atoms with van der Waals surface area (Å²) in [7, 11) is -3.94. The summed E-state index contributed by atoms with van der Waals surface area (Å²) in [5.74, 6) is -0.873. The lowest BCUT2D eigenvalue weighted by Crippen LogP contribution is -2.16. The molecule has 0 saturated carbocycles. The standard InChI is InChI=1S/C24H20Cl2O3S/c1-16-3-4-17(2)20(13-16)14-23(24(27)19-7-11-22(26)12-8-19)30(28,29)15-18-5-9-21(25)10-6-18/h3-14H,15H2,1-2H3/b23-14-. The van der Waals surface area contributed by atoms with Gasteiger partial charge in [0.25, 0.3) is 0 Å². The molecule has 0 heterocycles. The maximum Gasteiger partial charge on any atom is 0.204 e. The summed E-state index contributed by atoms with van der Waals surface area (Å²) in [5, 5.41) is 0.982. The molecule has 0 bridgehead atoms. The molecule has 0 aliphatic heterocycles. The van der Waals surface area contributed by atoms with E-state index in [1.807, 2.05) is 32.0 Å². The Hall–Kier alpha value is -2.40. The Morgan fingerprint density at radius 2 is 1.43 bits per heavy atom. The van der Waals surface area contributed by atoms with E-state index in [0.29, 0.717) is 21.2 Å². The van der Waals surface area contributed by atoms with Gasteiger partial charge in [-0.1, -0.05) is 59.1 Å². The van der Waals surface area contributed by atoms with Crippen molar-refractivity contribution in [2.45, 2.75) is 19.6 Å². The fourth-order valence-corrected chi connectivity index (χ4v) is 4.72. The lowest BCUT2D eigenvalue weighted by atomic mass is 10.0. The summed E-state index contributed by atoms with van der Waals surface area (Å²) in [6.07, 6.45) is 1.46. The summed E-state index contributed by atoms with van der Waals surface area (Å²) in [6, 6.07) is 18.4. The fraction of sp³-hybridized carbons (Fsp3) is 0.125. The van der Waals surface area contributed by atoms with Crippen LogP contribution in [-0.4, -0.2) is 14.2 Å². The van der Waals surface area contributed by atoms with Crippen LogP contribution in [0.5, 0.6) is 0 Å². The lowest BCUT2D eigenvalue weighted by Gasteiger charge is -2.11. The number of benzene rings is 3. The monoisotopic (exact) mass is 458 g/mol. The van der Waals surface area contributed by atoms with Gasteiger partial charge in [0.2, 0.25) is 5.78 Å². The van der Waals surface area contributed by atoms with Crippen LogP contribution in [0, 0.1) is 13.8 Å². The summed E-state index contributed by atoms with van der Waals surface area (Å²) in [5.41, 5.74) is 3.35. The van der Waals surface area contributed by atoms with Crippen LogP contribution in [-0.2, 0) is 15.6 Å². The number of carbonyl (C=O) groups excluding carboxylic acids is 1. The molecule has 0 spiro atoms. The van der Waals surface area contributed by atoms with E-state index >= 15 is 0 Å². The largest absolute Gasteiger partial charge is 0.288 e. The second kappa shape index (κ2) is 9.17. The maximum atomic E-state index is 13.3. The molecule has 30 heavy (non-hydrogen) atoms. The van der Waals surface area contributed by atoms with Crippen LogP contribution >= 0.6 is 23.2 Å². The molecule has 0 aliphatic rings. The molecule has 0 saturated heterocycles. The summed E-state index contributed by atoms with van der Waals surface area (Å²) < 4.78 is 26.6. The molecule has 0 radical (unpaired) electrons. The van der Waals surface area contributed by atoms with Crippen LogP contribution in [0.1, 0.15) is 32.6 Å². The molecule has 3 nitrogen and oxygen atoms in total. The van der Waals surface area contributed by atoms with Crippen molar-refractivity contribution in [2.75, 3.05) is 0 Å². The fourth-order valence-electron chi connectivity index (χ4n) is 2.97. The third-order valence-electron chi connectivity index (χ3n) is 4.66. The van der Waals surface area contributed by atoms with E-state index < -0.39 is 15.6 Å². The quantitative estimate of drug-likeness (QED) is 0.315. The Bertz CT molecular complexity index is 1210. The number of ketones is 1. The van der Waals surface area contributed by atoms with Gasteiger partial charge in [-0.3, -0.25) is 4.79 Å². The first-order valence-electron chi connectivity index (χ1n) is 9.22. The van der Waals surface area contributed by atoms with Crippen molar-refractivity contribution in [1.29, 1.82) is 0 Å². The molecule has 0 fully saturated rings. The number of carbonyl (C=O) groups is 1. The first kappa shape index (κ1) is 22.3. The number of sulfone groups is 1. The van der Waals surface area contributed by atoms with Gasteiger partial charge in [0.15, 0.2) is 9.84 Å². The van der Waals surface area contributed by atoms with E-state index in [2.05, 4.69) is 0 Å². The van der Waals surface area contributed by atoms with Gasteiger partial charge in [-0.05, 0) is 73.0 Å². The normalized spacial score (nSPS) is 12.1. The highest BCUT2D eigenvalue weighted by atomic mass is 35.5. The van der Waals surface area contributed by atoms with E-state index in [-0.39, 0.29) is 16.2 Å². The number of halogens is 2. The van der Waals surface area contributed by atoms with Crippen molar-refractivity contribution in [3.05, 3.63) is 109 Å². The zero-order chi connectivity index (χ0) is 21.9. The van der Waals surface area contributed by atoms with Gasteiger partial charge in [-0.15, -0.1) is 0 Å². The van der Waals surface area contributed by atoms with Crippen molar-refractivity contribution in [2.24, 2.45) is 0 Å². The molecular formula is C24H20Cl2O3S. The number of rotatable bonds is 6. The van der Waals surface area contributed by atoms with Gasteiger partial charge < -0.3 is 0 Å². The Morgan fingerprint density at radius 1 is 0.867 bits per heavy atom. The van der Waals surface area contributed by atoms with Gasteiger partial charge in [-0.2, -0.15) is 0 Å². The van der Waals surface area contributed by atoms with Crippen LogP contribution in [0.4, 0.5) is 0 Å². The highest BCUT2D eigenvalue weighted by Crippen LogP contribution is 2.25. The van der Waals surface area contributed by atoms with E-state index in [1.165, 1.54) is 18.2 Å². The van der Waals surface area contributed by atoms with E-state index in [4.69, 9.17) is 23.2 Å². The molecule has 3 aromatic rings. The van der Waals surface area contributed by atoms with Crippen LogP contribution in [0.15, 0.2) is 71.6 Å². The molecule has 0 aliphatic carbocycles. The van der Waals surface area contributed by atoms with Gasteiger partial charge in [0.05, 0.1) is 5.75 Å². The average molecular weight is 459 g/mol. The van der Waals surface area contributed by atoms with Crippen molar-refractivity contribution in [3.63, 3.8) is 0 Å². The first-order chi connectivity index (χ1) is 14.2. The third-order valence-corrected chi connectivity index (χ3v) is 6.85. The molecule has 0 N–H and O–H groups in total. The van der Waals surface area contributed by atoms with Crippen molar-refractivity contribution < 1.29 is 13.2 Å². The zero-order valence-electron chi connectivity index (χ0n) is 16.5. The minimum Gasteiger partial charge on any atom is -0.288 e. The second-order valence-electron chi connectivity index (χ2n) is 7.09. The molecule has 0 unspecified atom stereocenters. The predicted octanol–water partition coefficient (Wildman–Crippen LogP) is 6.45. The first-order valence-corrected chi connectivity index (χ1v) is 11.6. The molecule has 6 heteroatoms. The van der Waals surface area contributed by atoms with Crippen LogP contribution in [0.2, 0.25) is 10.0 Å². The van der Waals surface area contributed by atoms with E-state index in [0.717, 1.165) is 11.1 Å². The second-order valence-corrected chi connectivity index (χ2v) is 9.92. The number of allylic oxidation sites excluding steroid dienone is 1. The highest BCUT2D eigenvalue weighted by Gasteiger charge is 2.27. The summed E-state index contributed by atoms with van der Waals surface area (Å²) in [6.45, 7) is 3.79. The summed E-state index contributed by atoms with van der Waals surface area (Å²) >= 11 is 11.8. The molecule has 0 amide bonds. The predicted molar refractivity (Wildman–Crippen MR) is 124 cm³/mol. The Morgan fingerprint density at radius 3 is 2.03 bits per heavy atom. The maximum absolute atomic E-state index is 13.3. The van der Waals surface area contributed by atoms with E-state index in [1.54, 1.807) is 36.4 Å². The Balaban J connectivity index is 2.11. The van der Waals surface area contributed by atoms with Gasteiger partial charge in [-0.25, -0.2) is 8.42 Å². The van der Waals surface area contributed by atoms with Gasteiger partial charge in [0.1, 0.15) is 4.91 Å². The lowest BCUT2D eigenvalue weighted by molar-refractivity contribution is 0.104. The van der Waals surface area contributed by atoms with E-state index in [9.17, 15) is 13.2 Å². The molecule has 0 atom stereocenters. The molecule has 0 aromatic heterocycles. The van der Waals surface area contributed by atoms with Crippen molar-refractivity contribution in [3.8, 4) is 0 Å². The molecule has 3 aromatic carbocycles. The van der Waals surface area contributed by atoms with Crippen LogP contribution < -0.4 is 0 Å². The van der Waals surface area contributed by atoms with Crippen LogP contribution in [0.25, 0.3) is 6.08 Å². The molecular weight excluding hydrogens is 439 g/mol. The van der Waals surface area contributed by atoms with Crippen LogP contribution in [0.3, 0.4) is 0 Å². The minimum absolute atomic E-state index is 0.256. The van der Waals surface area contributed by atoms with Crippen molar-refractivity contribution >= 4 is 44.9 Å². The SMILES string of the molecule is Cc1ccc(C)c(/C=C(/C(=O)c2ccc(Cl)cc2)S(=O)(=O)Cc2ccc(Cl)cc2)c1. The van der Waals surface area contributed by atoms with Crippen molar-refractivity contribution in [1.82, 2.24) is 0 Å². The zero-order valence-corrected chi connectivity index (χ0v) is 18.9. The number of aryl methyl sites for hydroxylation is 2. The number of hydrogen-bond donors (Lipinski definition) is 0. The number of hydrogen-bond acceptors (Lipinski definition) is 3. The average Bonchev–Trinajstić information content (AvgIpc) is 2.70. The molecule has 3 rings (SSSR count). The van der Waals surface area contributed by atoms with Gasteiger partial charge >= 0.3 is 0 Å². The smallest absolute Gasteiger partial charge is 0.204 e. The molecule has 154 valence electrons. The Kier molecular flexibility index (Phi) is 6.81. The Labute approximate surface area is 186 Å². The van der Waals surface area contributed by atoms with Gasteiger partial charge in [0, 0.05) is 15.6 Å². The topological polar surface area (TPSA) is 51.2 Å². The minimum atomic E-state index is -3.94. The third kappa shape index (κ3) is 5.39. The summed E-state index contributed by atoms with van der Waals surface area (Å²) in [4.78, 5) is 13.0. The number of Topliss-reactive ketones (excluding diaryl/α,β-unsaturated/α-hetero) is 1. The highest BCUT2D eigenvalue weighted by molar-refractivity contribution is 7.95.